The van der Waals surface area contributed by atoms with E-state index in [-0.39, 0.29) is 28.6 Å². The molecule has 1 aliphatic rings. The van der Waals surface area contributed by atoms with Gasteiger partial charge in [0.25, 0.3) is 11.8 Å². The van der Waals surface area contributed by atoms with Crippen LogP contribution in [0.3, 0.4) is 0 Å². The van der Waals surface area contributed by atoms with Crippen LogP contribution in [0, 0.1) is 5.82 Å². The van der Waals surface area contributed by atoms with Crippen LogP contribution in [0.25, 0.3) is 16.9 Å². The van der Waals surface area contributed by atoms with Gasteiger partial charge in [-0.15, -0.1) is 5.10 Å². The fraction of sp³-hybridized carbons (Fsp3) is 0.0690. The summed E-state index contributed by atoms with van der Waals surface area (Å²) in [6.45, 7) is 0. The number of aliphatic imine (C=N–C) groups is 1. The summed E-state index contributed by atoms with van der Waals surface area (Å²) in [5, 5.41) is 9.36. The van der Waals surface area contributed by atoms with E-state index in [0.717, 1.165) is 4.52 Å². The summed E-state index contributed by atoms with van der Waals surface area (Å²) in [4.78, 5) is 36.4. The lowest BCUT2D eigenvalue weighted by Crippen LogP contribution is -2.43. The molecule has 2 amide bonds. The number of halogens is 1. The molecule has 0 bridgehead atoms. The van der Waals surface area contributed by atoms with E-state index in [4.69, 9.17) is 8.85 Å². The van der Waals surface area contributed by atoms with Crippen LogP contribution in [-0.4, -0.2) is 45.3 Å². The zero-order chi connectivity index (χ0) is 29.4. The largest absolute Gasteiger partial charge is 0.480 e. The summed E-state index contributed by atoms with van der Waals surface area (Å²) >= 11 is 0. The Morgan fingerprint density at radius 3 is 2.49 bits per heavy atom. The number of benzene rings is 3. The molecule has 5 aromatic rings. The topological polar surface area (TPSA) is 110 Å². The molecule has 2 N–H and O–H groups in total. The average molecular weight is 524 g/mol. The minimum atomic E-state index is -2.78. The number of amides is 2. The van der Waals surface area contributed by atoms with Crippen LogP contribution in [0.2, 0.25) is 0 Å². The smallest absolute Gasteiger partial charge is 0.274 e. The molecule has 0 fully saturated rings. The number of ether oxygens (including phenoxy) is 1. The SMILES string of the molecule is [2H]C([2H])([2H])Oc1ccc2nc(-c3ccccc3)c(C(=O)N[C@H]3N=C(c4ccccc4)c4cccc(F)c4NC3=O)n2n1. The second-order valence-electron chi connectivity index (χ2n) is 8.59. The van der Waals surface area contributed by atoms with Gasteiger partial charge in [0.1, 0.15) is 11.5 Å². The molecule has 3 heterocycles. The van der Waals surface area contributed by atoms with E-state index in [1.54, 1.807) is 60.7 Å². The van der Waals surface area contributed by atoms with Crippen LogP contribution in [0.4, 0.5) is 10.1 Å². The van der Waals surface area contributed by atoms with Crippen molar-refractivity contribution in [1.29, 1.82) is 0 Å². The summed E-state index contributed by atoms with van der Waals surface area (Å²) in [6.07, 6.45) is -1.48. The summed E-state index contributed by atoms with van der Waals surface area (Å²) in [5.41, 5.74) is 2.11. The highest BCUT2D eigenvalue weighted by Gasteiger charge is 2.31. The summed E-state index contributed by atoms with van der Waals surface area (Å²) in [6, 6.07) is 24.8. The number of carbonyl (C=O) groups is 2. The quantitative estimate of drug-likeness (QED) is 0.361. The molecule has 9 nitrogen and oxygen atoms in total. The van der Waals surface area contributed by atoms with Gasteiger partial charge in [-0.25, -0.2) is 18.9 Å². The summed E-state index contributed by atoms with van der Waals surface area (Å²) in [7, 11) is -2.78. The number of methoxy groups -OCH3 is 1. The van der Waals surface area contributed by atoms with Gasteiger partial charge in [0.15, 0.2) is 11.3 Å². The molecule has 6 rings (SSSR count). The maximum atomic E-state index is 14.9. The first kappa shape index (κ1) is 20.7. The van der Waals surface area contributed by atoms with Gasteiger partial charge >= 0.3 is 0 Å². The number of benzodiazepines with no additional fused rings is 1. The highest BCUT2D eigenvalue weighted by molar-refractivity contribution is 6.20. The number of hydrogen-bond acceptors (Lipinski definition) is 6. The molecule has 0 saturated carbocycles. The second kappa shape index (κ2) is 9.82. The third-order valence-corrected chi connectivity index (χ3v) is 6.16. The first-order valence-corrected chi connectivity index (χ1v) is 11.9. The van der Waals surface area contributed by atoms with Gasteiger partial charge in [-0.05, 0) is 12.1 Å². The van der Waals surface area contributed by atoms with Gasteiger partial charge in [-0.1, -0.05) is 72.8 Å². The molecule has 0 spiro atoms. The number of aromatic nitrogens is 3. The van der Waals surface area contributed by atoms with Crippen LogP contribution < -0.4 is 15.4 Å². The van der Waals surface area contributed by atoms with Crippen LogP contribution in [0.1, 0.15) is 25.7 Å². The molecule has 10 heteroatoms. The molecule has 0 radical (unpaired) electrons. The number of nitrogens with one attached hydrogen (secondary N) is 2. The number of fused-ring (bicyclic) bond motifs is 2. The fourth-order valence-electron chi connectivity index (χ4n) is 4.39. The number of carbonyl (C=O) groups excluding carboxylic acids is 2. The molecule has 0 saturated heterocycles. The predicted molar refractivity (Wildman–Crippen MR) is 143 cm³/mol. The van der Waals surface area contributed by atoms with E-state index in [0.29, 0.717) is 22.4 Å². The molecule has 39 heavy (non-hydrogen) atoms. The van der Waals surface area contributed by atoms with Crippen molar-refractivity contribution in [1.82, 2.24) is 19.9 Å². The first-order valence-electron chi connectivity index (χ1n) is 13.4. The third kappa shape index (κ3) is 4.37. The molecule has 3 aromatic carbocycles. The van der Waals surface area contributed by atoms with E-state index in [9.17, 15) is 14.0 Å². The number of nitrogens with zero attached hydrogens (tertiary/aromatic N) is 4. The highest BCUT2D eigenvalue weighted by Crippen LogP contribution is 2.28. The second-order valence-corrected chi connectivity index (χ2v) is 8.59. The van der Waals surface area contributed by atoms with E-state index in [1.165, 1.54) is 24.3 Å². The average Bonchev–Trinajstić information content (AvgIpc) is 3.28. The number of rotatable bonds is 5. The van der Waals surface area contributed by atoms with Crippen molar-refractivity contribution in [3.05, 3.63) is 114 Å². The highest BCUT2D eigenvalue weighted by atomic mass is 19.1. The number of para-hydroxylation sites is 1. The van der Waals surface area contributed by atoms with Crippen molar-refractivity contribution in [3.8, 4) is 17.1 Å². The minimum absolute atomic E-state index is 0.0604. The Bertz CT molecular complexity index is 1860. The van der Waals surface area contributed by atoms with E-state index in [1.807, 2.05) is 6.07 Å². The van der Waals surface area contributed by atoms with Gasteiger partial charge in [0.05, 0.1) is 22.5 Å². The van der Waals surface area contributed by atoms with Crippen molar-refractivity contribution < 1.29 is 22.8 Å². The van der Waals surface area contributed by atoms with Crippen molar-refractivity contribution in [3.63, 3.8) is 0 Å². The van der Waals surface area contributed by atoms with Gasteiger partial charge in [0, 0.05) is 22.8 Å². The van der Waals surface area contributed by atoms with Crippen LogP contribution in [0.15, 0.2) is 96.0 Å². The standard InChI is InChI=1S/C29H21FN6O3/c1-39-22-16-15-21-31-24(18-11-6-3-7-12-18)26(36(21)35-22)28(37)34-27-29(38)33-25-19(13-8-14-20(25)30)23(32-27)17-9-4-2-5-10-17/h2-16,27H,1H3,(H,33,38)(H,34,37)/t27-/m1/s1/i1D3. The number of hydrogen-bond donors (Lipinski definition) is 2. The Labute approximate surface area is 226 Å². The predicted octanol–water partition coefficient (Wildman–Crippen LogP) is 4.09. The Morgan fingerprint density at radius 1 is 1.00 bits per heavy atom. The maximum Gasteiger partial charge on any atom is 0.274 e. The van der Waals surface area contributed by atoms with Gasteiger partial charge < -0.3 is 15.4 Å². The fourth-order valence-corrected chi connectivity index (χ4v) is 4.39. The van der Waals surface area contributed by atoms with Crippen LogP contribution in [-0.2, 0) is 4.79 Å². The zero-order valence-corrected chi connectivity index (χ0v) is 20.1. The van der Waals surface area contributed by atoms with Gasteiger partial charge in [-0.2, -0.15) is 0 Å². The Morgan fingerprint density at radius 2 is 1.74 bits per heavy atom. The third-order valence-electron chi connectivity index (χ3n) is 6.16. The summed E-state index contributed by atoms with van der Waals surface area (Å²) < 4.78 is 43.2. The lowest BCUT2D eigenvalue weighted by atomic mass is 10.0. The molecular weight excluding hydrogens is 499 g/mol. The van der Waals surface area contributed by atoms with Crippen molar-refractivity contribution in [2.24, 2.45) is 4.99 Å². The van der Waals surface area contributed by atoms with Crippen LogP contribution >= 0.6 is 0 Å². The molecule has 1 aliphatic heterocycles. The minimum Gasteiger partial charge on any atom is -0.480 e. The van der Waals surface area contributed by atoms with Crippen molar-refractivity contribution in [2.45, 2.75) is 6.17 Å². The molecular formula is C29H21FN6O3. The lowest BCUT2D eigenvalue weighted by molar-refractivity contribution is -0.117. The van der Waals surface area contributed by atoms with Gasteiger partial charge in [-0.3, -0.25) is 9.59 Å². The van der Waals surface area contributed by atoms with E-state index < -0.39 is 30.8 Å². The van der Waals surface area contributed by atoms with Gasteiger partial charge in [0.2, 0.25) is 12.0 Å². The Balaban J connectivity index is 1.46. The first-order chi connectivity index (χ1) is 20.2. The van der Waals surface area contributed by atoms with E-state index >= 15 is 0 Å². The molecule has 1 atom stereocenters. The molecule has 0 aliphatic carbocycles. The normalized spacial score (nSPS) is 16.1. The monoisotopic (exact) mass is 523 g/mol. The maximum absolute atomic E-state index is 14.9. The molecule has 192 valence electrons. The summed E-state index contributed by atoms with van der Waals surface area (Å²) in [5.74, 6) is -2.48. The Kier molecular flexibility index (Phi) is 5.20. The molecule has 2 aromatic heterocycles. The Hall–Kier alpha value is -5.38. The van der Waals surface area contributed by atoms with E-state index in [2.05, 4.69) is 25.7 Å². The van der Waals surface area contributed by atoms with Crippen molar-refractivity contribution in [2.75, 3.05) is 12.4 Å². The number of imidazole rings is 1. The zero-order valence-electron chi connectivity index (χ0n) is 23.1. The van der Waals surface area contributed by atoms with Crippen molar-refractivity contribution >= 4 is 28.9 Å². The molecule has 0 unspecified atom stereocenters. The number of anilines is 1. The lowest BCUT2D eigenvalue weighted by Gasteiger charge is -2.14. The van der Waals surface area contributed by atoms with Crippen LogP contribution in [0.5, 0.6) is 5.88 Å².